The molecule has 0 bridgehead atoms. The van der Waals surface area contributed by atoms with Crippen molar-refractivity contribution < 1.29 is 19.4 Å². The Morgan fingerprint density at radius 3 is 2.42 bits per heavy atom. The summed E-state index contributed by atoms with van der Waals surface area (Å²) in [6.45, 7) is 7.18. The highest BCUT2D eigenvalue weighted by atomic mass is 32.1. The zero-order valence-corrected chi connectivity index (χ0v) is 12.6. The maximum Gasteiger partial charge on any atom is 0.338 e. The van der Waals surface area contributed by atoms with E-state index in [1.807, 2.05) is 6.92 Å². The maximum absolute atomic E-state index is 11.9. The number of anilines is 1. The summed E-state index contributed by atoms with van der Waals surface area (Å²) >= 11 is 1.28. The topological polar surface area (TPSA) is 75.6 Å². The number of carbonyl (C=O) groups is 2. The molecule has 0 atom stereocenters. The molecule has 0 saturated carbocycles. The van der Waals surface area contributed by atoms with Crippen molar-refractivity contribution in [2.75, 3.05) is 12.4 Å². The number of aromatic carboxylic acids is 1. The highest BCUT2D eigenvalue weighted by molar-refractivity contribution is 7.16. The zero-order chi connectivity index (χ0) is 14.8. The Hall–Kier alpha value is -1.40. The highest BCUT2D eigenvalue weighted by Crippen LogP contribution is 2.32. The third kappa shape index (κ3) is 3.78. The summed E-state index contributed by atoms with van der Waals surface area (Å²) in [6.07, 6.45) is 0.165. The zero-order valence-electron chi connectivity index (χ0n) is 11.8. The molecule has 0 unspecified atom stereocenters. The molecule has 1 heterocycles. The average molecular weight is 285 g/mol. The molecule has 19 heavy (non-hydrogen) atoms. The smallest absolute Gasteiger partial charge is 0.338 e. The minimum absolute atomic E-state index is 0.165. The van der Waals surface area contributed by atoms with Crippen LogP contribution < -0.4 is 5.32 Å². The molecule has 1 aromatic heterocycles. The molecule has 106 valence electrons. The van der Waals surface area contributed by atoms with Gasteiger partial charge in [-0.3, -0.25) is 4.79 Å². The van der Waals surface area contributed by atoms with Gasteiger partial charge in [0.05, 0.1) is 17.6 Å². The summed E-state index contributed by atoms with van der Waals surface area (Å²) in [7, 11) is 1.54. The summed E-state index contributed by atoms with van der Waals surface area (Å²) in [6, 6.07) is 0. The van der Waals surface area contributed by atoms with Gasteiger partial charge in [0.1, 0.15) is 5.00 Å². The molecule has 0 aliphatic heterocycles. The molecule has 0 aromatic carbocycles. The Balaban J connectivity index is 2.92. The van der Waals surface area contributed by atoms with Crippen LogP contribution in [0.1, 0.15) is 41.1 Å². The van der Waals surface area contributed by atoms with E-state index < -0.39 is 11.6 Å². The number of carboxylic acids is 1. The van der Waals surface area contributed by atoms with Crippen LogP contribution in [-0.2, 0) is 9.53 Å². The molecular formula is C13H19NO4S. The van der Waals surface area contributed by atoms with Crippen LogP contribution in [0.5, 0.6) is 0 Å². The number of thiophene rings is 1. The molecule has 0 aliphatic rings. The van der Waals surface area contributed by atoms with Crippen LogP contribution in [0.3, 0.4) is 0 Å². The quantitative estimate of drug-likeness (QED) is 0.872. The predicted octanol–water partition coefficient (Wildman–Crippen LogP) is 2.82. The molecular weight excluding hydrogens is 266 g/mol. The number of ether oxygens (including phenoxy) is 1. The van der Waals surface area contributed by atoms with E-state index in [2.05, 4.69) is 5.32 Å². The third-order valence-corrected chi connectivity index (χ3v) is 4.11. The Kier molecular flexibility index (Phi) is 4.70. The first-order chi connectivity index (χ1) is 8.68. The number of rotatable bonds is 5. The molecule has 0 saturated heterocycles. The van der Waals surface area contributed by atoms with E-state index >= 15 is 0 Å². The molecule has 0 aliphatic carbocycles. The van der Waals surface area contributed by atoms with Gasteiger partial charge in [-0.2, -0.15) is 0 Å². The van der Waals surface area contributed by atoms with Crippen LogP contribution in [0, 0.1) is 13.8 Å². The lowest BCUT2D eigenvalue weighted by molar-refractivity contribution is -0.121. The van der Waals surface area contributed by atoms with Crippen molar-refractivity contribution >= 4 is 28.2 Å². The molecule has 5 nitrogen and oxygen atoms in total. The van der Waals surface area contributed by atoms with Gasteiger partial charge < -0.3 is 15.2 Å². The van der Waals surface area contributed by atoms with Gasteiger partial charge in [0.25, 0.3) is 0 Å². The van der Waals surface area contributed by atoms with Gasteiger partial charge >= 0.3 is 5.97 Å². The van der Waals surface area contributed by atoms with Crippen molar-refractivity contribution in [1.29, 1.82) is 0 Å². The second-order valence-electron chi connectivity index (χ2n) is 4.98. The van der Waals surface area contributed by atoms with Gasteiger partial charge in [-0.25, -0.2) is 4.79 Å². The van der Waals surface area contributed by atoms with Crippen molar-refractivity contribution in [3.63, 3.8) is 0 Å². The van der Waals surface area contributed by atoms with Crippen LogP contribution in [0.15, 0.2) is 0 Å². The summed E-state index contributed by atoms with van der Waals surface area (Å²) in [4.78, 5) is 24.0. The van der Waals surface area contributed by atoms with Crippen LogP contribution in [0.2, 0.25) is 0 Å². The number of nitrogens with one attached hydrogen (secondary N) is 1. The number of methoxy groups -OCH3 is 1. The fourth-order valence-corrected chi connectivity index (χ4v) is 2.67. The van der Waals surface area contributed by atoms with Gasteiger partial charge in [0.15, 0.2) is 0 Å². The molecule has 1 aromatic rings. The average Bonchev–Trinajstić information content (AvgIpc) is 2.53. The summed E-state index contributed by atoms with van der Waals surface area (Å²) in [5.74, 6) is -1.28. The van der Waals surface area contributed by atoms with Crippen molar-refractivity contribution in [3.8, 4) is 0 Å². The van der Waals surface area contributed by atoms with Crippen molar-refractivity contribution in [1.82, 2.24) is 0 Å². The van der Waals surface area contributed by atoms with Gasteiger partial charge in [-0.1, -0.05) is 0 Å². The van der Waals surface area contributed by atoms with Crippen LogP contribution in [-0.4, -0.2) is 29.7 Å². The standard InChI is InChI=1S/C13H19NO4S/c1-7-8(2)19-11(10(7)12(16)17)14-9(15)6-13(3,4)18-5/h6H2,1-5H3,(H,14,15)(H,16,17). The largest absolute Gasteiger partial charge is 0.478 e. The number of hydrogen-bond acceptors (Lipinski definition) is 4. The normalized spacial score (nSPS) is 11.4. The van der Waals surface area contributed by atoms with Crippen LogP contribution >= 0.6 is 11.3 Å². The minimum Gasteiger partial charge on any atom is -0.478 e. The molecule has 2 N–H and O–H groups in total. The monoisotopic (exact) mass is 285 g/mol. The van der Waals surface area contributed by atoms with Gasteiger partial charge in [-0.15, -0.1) is 11.3 Å². The number of aryl methyl sites for hydroxylation is 1. The molecule has 1 rings (SSSR count). The van der Waals surface area contributed by atoms with Gasteiger partial charge in [0, 0.05) is 12.0 Å². The van der Waals surface area contributed by atoms with Gasteiger partial charge in [-0.05, 0) is 33.3 Å². The molecule has 6 heteroatoms. The lowest BCUT2D eigenvalue weighted by Crippen LogP contribution is -2.29. The van der Waals surface area contributed by atoms with E-state index in [1.54, 1.807) is 20.8 Å². The lowest BCUT2D eigenvalue weighted by Gasteiger charge is -2.21. The summed E-state index contributed by atoms with van der Waals surface area (Å²) in [5, 5.41) is 12.2. The summed E-state index contributed by atoms with van der Waals surface area (Å²) in [5.41, 5.74) is 0.291. The van der Waals surface area contributed by atoms with E-state index in [0.717, 1.165) is 4.88 Å². The minimum atomic E-state index is -1.02. The first-order valence-corrected chi connectivity index (χ1v) is 6.68. The third-order valence-electron chi connectivity index (χ3n) is 2.99. The Morgan fingerprint density at radius 1 is 1.37 bits per heavy atom. The van der Waals surface area contributed by atoms with E-state index in [4.69, 9.17) is 4.74 Å². The van der Waals surface area contributed by atoms with Crippen molar-refractivity contribution in [3.05, 3.63) is 16.0 Å². The van der Waals surface area contributed by atoms with Gasteiger partial charge in [0.2, 0.25) is 5.91 Å². The molecule has 0 spiro atoms. The van der Waals surface area contributed by atoms with E-state index in [-0.39, 0.29) is 17.9 Å². The first kappa shape index (κ1) is 15.7. The van der Waals surface area contributed by atoms with E-state index in [9.17, 15) is 14.7 Å². The SMILES string of the molecule is COC(C)(C)CC(=O)Nc1sc(C)c(C)c1C(=O)O. The Bertz CT molecular complexity index is 505. The van der Waals surface area contributed by atoms with E-state index in [1.165, 1.54) is 18.4 Å². The number of carbonyl (C=O) groups excluding carboxylic acids is 1. The number of amides is 1. The fraction of sp³-hybridized carbons (Fsp3) is 0.538. The highest BCUT2D eigenvalue weighted by Gasteiger charge is 2.24. The second kappa shape index (κ2) is 5.71. The molecule has 1 amide bonds. The van der Waals surface area contributed by atoms with Crippen LogP contribution in [0.4, 0.5) is 5.00 Å². The Labute approximate surface area is 116 Å². The van der Waals surface area contributed by atoms with Crippen molar-refractivity contribution in [2.24, 2.45) is 0 Å². The number of carboxylic acid groups (broad SMARTS) is 1. The molecule has 0 fully saturated rings. The lowest BCUT2D eigenvalue weighted by atomic mass is 10.0. The Morgan fingerprint density at radius 2 is 1.95 bits per heavy atom. The van der Waals surface area contributed by atoms with E-state index in [0.29, 0.717) is 10.6 Å². The first-order valence-electron chi connectivity index (χ1n) is 5.86. The van der Waals surface area contributed by atoms with Crippen molar-refractivity contribution in [2.45, 2.75) is 39.7 Å². The molecule has 0 radical (unpaired) electrons. The maximum atomic E-state index is 11.9. The second-order valence-corrected chi connectivity index (χ2v) is 6.21. The predicted molar refractivity (Wildman–Crippen MR) is 75.1 cm³/mol. The van der Waals surface area contributed by atoms with Crippen LogP contribution in [0.25, 0.3) is 0 Å². The fourth-order valence-electron chi connectivity index (χ4n) is 1.60. The summed E-state index contributed by atoms with van der Waals surface area (Å²) < 4.78 is 5.18. The number of hydrogen-bond donors (Lipinski definition) is 2.